The molecule has 1 saturated carbocycles. The van der Waals surface area contributed by atoms with Crippen molar-refractivity contribution in [1.29, 1.82) is 0 Å². The molecule has 0 aliphatic heterocycles. The van der Waals surface area contributed by atoms with Crippen molar-refractivity contribution >= 4 is 11.9 Å². The summed E-state index contributed by atoms with van der Waals surface area (Å²) in [6.07, 6.45) is 5.35. The SMILES string of the molecule is O=C(O)CCC(NC(=O)C1CCCCC1)c1ccc(F)cc1. The number of hydrogen-bond donors (Lipinski definition) is 2. The second-order valence-corrected chi connectivity index (χ2v) is 5.88. The summed E-state index contributed by atoms with van der Waals surface area (Å²) in [5, 5.41) is 11.8. The van der Waals surface area contributed by atoms with E-state index in [4.69, 9.17) is 5.11 Å². The molecule has 1 amide bonds. The average molecular weight is 307 g/mol. The van der Waals surface area contributed by atoms with E-state index >= 15 is 0 Å². The van der Waals surface area contributed by atoms with Gasteiger partial charge in [-0.1, -0.05) is 31.4 Å². The standard InChI is InChI=1S/C17H22FNO3/c18-14-8-6-12(7-9-14)15(10-11-16(20)21)19-17(22)13-4-2-1-3-5-13/h6-9,13,15H,1-5,10-11H2,(H,19,22)(H,20,21). The number of carboxylic acids is 1. The number of carbonyl (C=O) groups excluding carboxylic acids is 1. The molecule has 0 bridgehead atoms. The zero-order valence-electron chi connectivity index (χ0n) is 12.6. The van der Waals surface area contributed by atoms with Crippen LogP contribution in [0.3, 0.4) is 0 Å². The molecule has 120 valence electrons. The van der Waals surface area contributed by atoms with Crippen molar-refractivity contribution in [2.45, 2.75) is 51.0 Å². The lowest BCUT2D eigenvalue weighted by molar-refractivity contribution is -0.137. The van der Waals surface area contributed by atoms with Crippen LogP contribution in [-0.4, -0.2) is 17.0 Å². The Kier molecular flexibility index (Phi) is 5.92. The van der Waals surface area contributed by atoms with Gasteiger partial charge in [-0.25, -0.2) is 4.39 Å². The summed E-state index contributed by atoms with van der Waals surface area (Å²) < 4.78 is 13.0. The average Bonchev–Trinajstić information content (AvgIpc) is 2.53. The number of amides is 1. The van der Waals surface area contributed by atoms with Gasteiger partial charge in [0.05, 0.1) is 6.04 Å². The highest BCUT2D eigenvalue weighted by molar-refractivity contribution is 5.79. The molecule has 22 heavy (non-hydrogen) atoms. The van der Waals surface area contributed by atoms with Gasteiger partial charge in [-0.05, 0) is 37.0 Å². The van der Waals surface area contributed by atoms with Gasteiger partial charge in [0, 0.05) is 12.3 Å². The predicted molar refractivity (Wildman–Crippen MR) is 80.7 cm³/mol. The minimum atomic E-state index is -0.904. The van der Waals surface area contributed by atoms with Crippen LogP contribution >= 0.6 is 0 Å². The molecule has 1 fully saturated rings. The molecular weight excluding hydrogens is 285 g/mol. The molecule has 1 unspecified atom stereocenters. The lowest BCUT2D eigenvalue weighted by Crippen LogP contribution is -2.35. The quantitative estimate of drug-likeness (QED) is 0.846. The van der Waals surface area contributed by atoms with E-state index in [0.717, 1.165) is 31.2 Å². The minimum Gasteiger partial charge on any atom is -0.481 e. The van der Waals surface area contributed by atoms with Crippen LogP contribution in [0.2, 0.25) is 0 Å². The molecule has 0 saturated heterocycles. The summed E-state index contributed by atoms with van der Waals surface area (Å²) in [5.41, 5.74) is 0.742. The molecule has 2 rings (SSSR count). The maximum atomic E-state index is 13.0. The number of halogens is 1. The Bertz CT molecular complexity index is 509. The molecular formula is C17H22FNO3. The molecule has 4 nitrogen and oxygen atoms in total. The van der Waals surface area contributed by atoms with Gasteiger partial charge in [0.15, 0.2) is 0 Å². The first kappa shape index (κ1) is 16.5. The zero-order chi connectivity index (χ0) is 15.9. The van der Waals surface area contributed by atoms with Gasteiger partial charge in [-0.15, -0.1) is 0 Å². The van der Waals surface area contributed by atoms with Gasteiger partial charge in [0.1, 0.15) is 5.82 Å². The lowest BCUT2D eigenvalue weighted by Gasteiger charge is -2.25. The van der Waals surface area contributed by atoms with Crippen LogP contribution in [0.1, 0.15) is 56.6 Å². The maximum absolute atomic E-state index is 13.0. The van der Waals surface area contributed by atoms with Gasteiger partial charge in [0.2, 0.25) is 5.91 Å². The highest BCUT2D eigenvalue weighted by Gasteiger charge is 2.24. The van der Waals surface area contributed by atoms with Crippen molar-refractivity contribution in [2.75, 3.05) is 0 Å². The molecule has 1 aliphatic carbocycles. The molecule has 2 N–H and O–H groups in total. The third-order valence-electron chi connectivity index (χ3n) is 4.21. The van der Waals surface area contributed by atoms with Crippen molar-refractivity contribution in [3.63, 3.8) is 0 Å². The molecule has 1 atom stereocenters. The van der Waals surface area contributed by atoms with Gasteiger partial charge in [0.25, 0.3) is 0 Å². The molecule has 1 aliphatic rings. The highest BCUT2D eigenvalue weighted by Crippen LogP contribution is 2.26. The number of carbonyl (C=O) groups is 2. The molecule has 0 spiro atoms. The molecule has 0 heterocycles. The number of aliphatic carboxylic acids is 1. The number of rotatable bonds is 6. The monoisotopic (exact) mass is 307 g/mol. The second kappa shape index (κ2) is 7.92. The van der Waals surface area contributed by atoms with E-state index in [1.54, 1.807) is 12.1 Å². The van der Waals surface area contributed by atoms with Gasteiger partial charge >= 0.3 is 5.97 Å². The van der Waals surface area contributed by atoms with E-state index in [-0.39, 0.29) is 30.1 Å². The summed E-state index contributed by atoms with van der Waals surface area (Å²) in [6.45, 7) is 0. The van der Waals surface area contributed by atoms with Crippen molar-refractivity contribution in [2.24, 2.45) is 5.92 Å². The van der Waals surface area contributed by atoms with Crippen molar-refractivity contribution in [3.05, 3.63) is 35.6 Å². The predicted octanol–water partition coefficient (Wildman–Crippen LogP) is 3.43. The first-order chi connectivity index (χ1) is 10.6. The van der Waals surface area contributed by atoms with Crippen LogP contribution in [0, 0.1) is 11.7 Å². The molecule has 0 aromatic heterocycles. The normalized spacial score (nSPS) is 17.0. The van der Waals surface area contributed by atoms with E-state index in [1.807, 2.05) is 0 Å². The van der Waals surface area contributed by atoms with Crippen LogP contribution < -0.4 is 5.32 Å². The van der Waals surface area contributed by atoms with E-state index in [9.17, 15) is 14.0 Å². The van der Waals surface area contributed by atoms with E-state index in [1.165, 1.54) is 18.6 Å². The Morgan fingerprint density at radius 1 is 1.18 bits per heavy atom. The van der Waals surface area contributed by atoms with Crippen LogP contribution in [0.5, 0.6) is 0 Å². The van der Waals surface area contributed by atoms with Crippen molar-refractivity contribution in [3.8, 4) is 0 Å². The van der Waals surface area contributed by atoms with Crippen LogP contribution in [0.15, 0.2) is 24.3 Å². The van der Waals surface area contributed by atoms with Crippen LogP contribution in [0.4, 0.5) is 4.39 Å². The number of carboxylic acid groups (broad SMARTS) is 1. The Hall–Kier alpha value is -1.91. The summed E-state index contributed by atoms with van der Waals surface area (Å²) in [5.74, 6) is -1.25. The topological polar surface area (TPSA) is 66.4 Å². The fourth-order valence-electron chi connectivity index (χ4n) is 2.94. The first-order valence-electron chi connectivity index (χ1n) is 7.84. The molecule has 1 aromatic carbocycles. The Balaban J connectivity index is 2.04. The summed E-state index contributed by atoms with van der Waals surface area (Å²) >= 11 is 0. The van der Waals surface area contributed by atoms with E-state index in [2.05, 4.69) is 5.32 Å². The largest absolute Gasteiger partial charge is 0.481 e. The Morgan fingerprint density at radius 2 is 1.82 bits per heavy atom. The third kappa shape index (κ3) is 4.83. The number of nitrogens with one attached hydrogen (secondary N) is 1. The fourth-order valence-corrected chi connectivity index (χ4v) is 2.94. The third-order valence-corrected chi connectivity index (χ3v) is 4.21. The summed E-state index contributed by atoms with van der Waals surface area (Å²) in [7, 11) is 0. The minimum absolute atomic E-state index is 0.0144. The van der Waals surface area contributed by atoms with Gasteiger partial charge in [-0.3, -0.25) is 9.59 Å². The summed E-state index contributed by atoms with van der Waals surface area (Å²) in [6, 6.07) is 5.48. The van der Waals surface area contributed by atoms with E-state index in [0.29, 0.717) is 6.42 Å². The smallest absolute Gasteiger partial charge is 0.303 e. The number of hydrogen-bond acceptors (Lipinski definition) is 2. The van der Waals surface area contributed by atoms with Crippen LogP contribution in [-0.2, 0) is 9.59 Å². The Labute approximate surface area is 129 Å². The van der Waals surface area contributed by atoms with Gasteiger partial charge in [-0.2, -0.15) is 0 Å². The lowest BCUT2D eigenvalue weighted by atomic mass is 9.88. The van der Waals surface area contributed by atoms with Crippen LogP contribution in [0.25, 0.3) is 0 Å². The number of benzene rings is 1. The fraction of sp³-hybridized carbons (Fsp3) is 0.529. The first-order valence-corrected chi connectivity index (χ1v) is 7.84. The molecule has 0 radical (unpaired) electrons. The van der Waals surface area contributed by atoms with Crippen molar-refractivity contribution < 1.29 is 19.1 Å². The maximum Gasteiger partial charge on any atom is 0.303 e. The second-order valence-electron chi connectivity index (χ2n) is 5.88. The van der Waals surface area contributed by atoms with Gasteiger partial charge < -0.3 is 10.4 Å². The zero-order valence-corrected chi connectivity index (χ0v) is 12.6. The summed E-state index contributed by atoms with van der Waals surface area (Å²) in [4.78, 5) is 23.2. The molecule has 5 heteroatoms. The highest BCUT2D eigenvalue weighted by atomic mass is 19.1. The molecule has 1 aromatic rings. The van der Waals surface area contributed by atoms with Crippen molar-refractivity contribution in [1.82, 2.24) is 5.32 Å². The Morgan fingerprint density at radius 3 is 2.41 bits per heavy atom. The van der Waals surface area contributed by atoms with E-state index < -0.39 is 5.97 Å².